The largest absolute Gasteiger partial charge is 0.379 e. The Labute approximate surface area is 110 Å². The molecule has 2 aromatic rings. The first-order valence-electron chi connectivity index (χ1n) is 6.20. The Bertz CT molecular complexity index is 542. The Kier molecular flexibility index (Phi) is 3.28. The molecule has 1 fully saturated rings. The molecule has 7 heteroatoms. The standard InChI is InChI=1S/C12H15N5O2/c18-12(8-16-4-1-3-13-16)15-10-6-14-17(7-10)11-2-5-19-9-11/h1,3-4,6-7,11H,2,5,8-9H2,(H,15,18). The summed E-state index contributed by atoms with van der Waals surface area (Å²) in [6.07, 6.45) is 7.84. The monoisotopic (exact) mass is 261 g/mol. The predicted octanol–water partition coefficient (Wildman–Crippen LogP) is 0.680. The first-order valence-corrected chi connectivity index (χ1v) is 6.20. The van der Waals surface area contributed by atoms with Crippen molar-refractivity contribution in [3.05, 3.63) is 30.9 Å². The van der Waals surface area contributed by atoms with E-state index in [1.54, 1.807) is 29.3 Å². The Morgan fingerprint density at radius 2 is 2.47 bits per heavy atom. The van der Waals surface area contributed by atoms with Crippen LogP contribution in [-0.4, -0.2) is 38.7 Å². The normalized spacial score (nSPS) is 18.6. The van der Waals surface area contributed by atoms with Crippen molar-refractivity contribution in [1.82, 2.24) is 19.6 Å². The molecule has 0 bridgehead atoms. The second-order valence-corrected chi connectivity index (χ2v) is 4.48. The molecule has 1 saturated heterocycles. The van der Waals surface area contributed by atoms with Gasteiger partial charge in [-0.05, 0) is 12.5 Å². The first kappa shape index (κ1) is 11.9. The number of hydrogen-bond donors (Lipinski definition) is 1. The fourth-order valence-corrected chi connectivity index (χ4v) is 2.07. The highest BCUT2D eigenvalue weighted by molar-refractivity contribution is 5.90. The van der Waals surface area contributed by atoms with Crippen LogP contribution >= 0.6 is 0 Å². The SMILES string of the molecule is O=C(Cn1cccn1)Nc1cnn(C2CCOC2)c1. The van der Waals surface area contributed by atoms with E-state index < -0.39 is 0 Å². The van der Waals surface area contributed by atoms with E-state index in [1.807, 2.05) is 10.9 Å². The van der Waals surface area contributed by atoms with Gasteiger partial charge in [0.05, 0.1) is 24.5 Å². The van der Waals surface area contributed by atoms with Gasteiger partial charge >= 0.3 is 0 Å². The molecule has 2 aromatic heterocycles. The summed E-state index contributed by atoms with van der Waals surface area (Å²) >= 11 is 0. The van der Waals surface area contributed by atoms with Gasteiger partial charge in [0.2, 0.25) is 5.91 Å². The summed E-state index contributed by atoms with van der Waals surface area (Å²) in [5.74, 6) is -0.120. The van der Waals surface area contributed by atoms with Crippen LogP contribution in [0.2, 0.25) is 0 Å². The Hall–Kier alpha value is -2.15. The molecular weight excluding hydrogens is 246 g/mol. The summed E-state index contributed by atoms with van der Waals surface area (Å²) < 4.78 is 8.73. The van der Waals surface area contributed by atoms with Crippen molar-refractivity contribution in [3.8, 4) is 0 Å². The van der Waals surface area contributed by atoms with Crippen molar-refractivity contribution in [1.29, 1.82) is 0 Å². The fourth-order valence-electron chi connectivity index (χ4n) is 2.07. The molecule has 0 spiro atoms. The second-order valence-electron chi connectivity index (χ2n) is 4.48. The Balaban J connectivity index is 1.59. The lowest BCUT2D eigenvalue weighted by atomic mass is 10.3. The molecule has 1 N–H and O–H groups in total. The van der Waals surface area contributed by atoms with E-state index in [9.17, 15) is 4.79 Å². The molecule has 1 amide bonds. The number of carbonyl (C=O) groups excluding carboxylic acids is 1. The van der Waals surface area contributed by atoms with Gasteiger partial charge < -0.3 is 10.1 Å². The molecule has 1 aliphatic rings. The van der Waals surface area contributed by atoms with Crippen LogP contribution in [0.25, 0.3) is 0 Å². The minimum Gasteiger partial charge on any atom is -0.379 e. The summed E-state index contributed by atoms with van der Waals surface area (Å²) in [4.78, 5) is 11.8. The zero-order chi connectivity index (χ0) is 13.1. The van der Waals surface area contributed by atoms with Gasteiger partial charge in [0.15, 0.2) is 0 Å². The first-order chi connectivity index (χ1) is 9.31. The van der Waals surface area contributed by atoms with E-state index in [2.05, 4.69) is 15.5 Å². The number of nitrogens with one attached hydrogen (secondary N) is 1. The van der Waals surface area contributed by atoms with Gasteiger partial charge in [-0.25, -0.2) is 0 Å². The lowest BCUT2D eigenvalue weighted by Gasteiger charge is -2.07. The van der Waals surface area contributed by atoms with Gasteiger partial charge in [-0.15, -0.1) is 0 Å². The lowest BCUT2D eigenvalue weighted by Crippen LogP contribution is -2.18. The molecule has 1 unspecified atom stereocenters. The summed E-state index contributed by atoms with van der Waals surface area (Å²) in [5, 5.41) is 11.0. The van der Waals surface area contributed by atoms with Crippen molar-refractivity contribution >= 4 is 11.6 Å². The molecule has 1 aliphatic heterocycles. The molecule has 3 rings (SSSR count). The predicted molar refractivity (Wildman–Crippen MR) is 67.6 cm³/mol. The van der Waals surface area contributed by atoms with Crippen molar-refractivity contribution in [2.45, 2.75) is 19.0 Å². The van der Waals surface area contributed by atoms with E-state index in [0.29, 0.717) is 12.3 Å². The van der Waals surface area contributed by atoms with Gasteiger partial charge in [0.1, 0.15) is 6.54 Å². The molecule has 1 atom stereocenters. The smallest absolute Gasteiger partial charge is 0.246 e. The molecule has 0 aliphatic carbocycles. The van der Waals surface area contributed by atoms with Crippen LogP contribution < -0.4 is 5.32 Å². The maximum absolute atomic E-state index is 11.8. The maximum atomic E-state index is 11.8. The molecule has 19 heavy (non-hydrogen) atoms. The van der Waals surface area contributed by atoms with Crippen LogP contribution in [0, 0.1) is 0 Å². The van der Waals surface area contributed by atoms with Gasteiger partial charge in [-0.2, -0.15) is 10.2 Å². The zero-order valence-corrected chi connectivity index (χ0v) is 10.4. The van der Waals surface area contributed by atoms with Gasteiger partial charge in [-0.1, -0.05) is 0 Å². The number of rotatable bonds is 4. The third kappa shape index (κ3) is 2.82. The molecule has 0 aromatic carbocycles. The van der Waals surface area contributed by atoms with Crippen molar-refractivity contribution in [2.75, 3.05) is 18.5 Å². The number of hydrogen-bond acceptors (Lipinski definition) is 4. The number of nitrogens with zero attached hydrogens (tertiary/aromatic N) is 4. The zero-order valence-electron chi connectivity index (χ0n) is 10.4. The summed E-state index contributed by atoms with van der Waals surface area (Å²) in [6.45, 7) is 1.65. The van der Waals surface area contributed by atoms with Crippen molar-refractivity contribution < 1.29 is 9.53 Å². The Morgan fingerprint density at radius 1 is 1.53 bits per heavy atom. The lowest BCUT2D eigenvalue weighted by molar-refractivity contribution is -0.116. The summed E-state index contributed by atoms with van der Waals surface area (Å²) in [5.41, 5.74) is 0.698. The molecule has 7 nitrogen and oxygen atoms in total. The van der Waals surface area contributed by atoms with Crippen LogP contribution in [0.3, 0.4) is 0 Å². The molecule has 3 heterocycles. The molecular formula is C12H15N5O2. The minimum atomic E-state index is -0.120. The average Bonchev–Trinajstić information content (AvgIpc) is 3.09. The second kappa shape index (κ2) is 5.23. The minimum absolute atomic E-state index is 0.120. The highest BCUT2D eigenvalue weighted by atomic mass is 16.5. The number of ether oxygens (including phenoxy) is 1. The van der Waals surface area contributed by atoms with Crippen LogP contribution in [0.15, 0.2) is 30.9 Å². The quantitative estimate of drug-likeness (QED) is 0.878. The third-order valence-electron chi connectivity index (χ3n) is 3.03. The van der Waals surface area contributed by atoms with Crippen molar-refractivity contribution in [2.24, 2.45) is 0 Å². The summed E-state index contributed by atoms with van der Waals surface area (Å²) in [6, 6.07) is 2.06. The van der Waals surface area contributed by atoms with E-state index in [4.69, 9.17) is 4.74 Å². The number of anilines is 1. The van der Waals surface area contributed by atoms with Crippen molar-refractivity contribution in [3.63, 3.8) is 0 Å². The number of carbonyl (C=O) groups is 1. The molecule has 100 valence electrons. The van der Waals surface area contributed by atoms with Gasteiger partial charge in [-0.3, -0.25) is 14.2 Å². The van der Waals surface area contributed by atoms with Crippen LogP contribution in [-0.2, 0) is 16.1 Å². The topological polar surface area (TPSA) is 74.0 Å². The van der Waals surface area contributed by atoms with Gasteiger partial charge in [0, 0.05) is 25.2 Å². The number of amides is 1. The number of aromatic nitrogens is 4. The summed E-state index contributed by atoms with van der Waals surface area (Å²) in [7, 11) is 0. The van der Waals surface area contributed by atoms with E-state index in [0.717, 1.165) is 13.0 Å². The van der Waals surface area contributed by atoms with E-state index in [1.165, 1.54) is 0 Å². The average molecular weight is 261 g/mol. The third-order valence-corrected chi connectivity index (χ3v) is 3.03. The molecule has 0 saturated carbocycles. The fraction of sp³-hybridized carbons (Fsp3) is 0.417. The van der Waals surface area contributed by atoms with Crippen LogP contribution in [0.1, 0.15) is 12.5 Å². The van der Waals surface area contributed by atoms with Crippen LogP contribution in [0.4, 0.5) is 5.69 Å². The van der Waals surface area contributed by atoms with E-state index in [-0.39, 0.29) is 18.5 Å². The highest BCUT2D eigenvalue weighted by Crippen LogP contribution is 2.19. The van der Waals surface area contributed by atoms with Gasteiger partial charge in [0.25, 0.3) is 0 Å². The highest BCUT2D eigenvalue weighted by Gasteiger charge is 2.18. The van der Waals surface area contributed by atoms with Crippen LogP contribution in [0.5, 0.6) is 0 Å². The Morgan fingerprint density at radius 3 is 3.21 bits per heavy atom. The van der Waals surface area contributed by atoms with E-state index >= 15 is 0 Å². The maximum Gasteiger partial charge on any atom is 0.246 e. The molecule has 0 radical (unpaired) electrons.